The van der Waals surface area contributed by atoms with Crippen LogP contribution < -0.4 is 19.5 Å². The summed E-state index contributed by atoms with van der Waals surface area (Å²) in [4.78, 5) is 12.4. The molecular weight excluding hydrogens is 406 g/mol. The summed E-state index contributed by atoms with van der Waals surface area (Å²) in [5, 5.41) is 3.13. The highest BCUT2D eigenvalue weighted by atomic mass is 35.5. The van der Waals surface area contributed by atoms with Crippen molar-refractivity contribution in [1.82, 2.24) is 5.32 Å². The standard InChI is InChI=1S/C19H16ClNO4S2/c1-23-15-4-2-3-5-16(15)25-9-8-24-14-7-6-13(20)10-12(14)11-17-18(22)21-19(26)27-17/h2-7,10-11H,8-9H2,1H3,(H,21,22,26). The summed E-state index contributed by atoms with van der Waals surface area (Å²) >= 11 is 12.3. The predicted molar refractivity (Wildman–Crippen MR) is 112 cm³/mol. The van der Waals surface area contributed by atoms with Gasteiger partial charge in [0.1, 0.15) is 23.3 Å². The number of amides is 1. The normalized spacial score (nSPS) is 15.0. The van der Waals surface area contributed by atoms with E-state index in [1.807, 2.05) is 24.3 Å². The van der Waals surface area contributed by atoms with Crippen LogP contribution in [-0.4, -0.2) is 30.6 Å². The van der Waals surface area contributed by atoms with E-state index in [9.17, 15) is 4.79 Å². The third-order valence-electron chi connectivity index (χ3n) is 3.57. The molecule has 0 unspecified atom stereocenters. The fourth-order valence-electron chi connectivity index (χ4n) is 2.37. The van der Waals surface area contributed by atoms with Crippen molar-refractivity contribution >= 4 is 51.9 Å². The lowest BCUT2D eigenvalue weighted by Crippen LogP contribution is -2.17. The molecule has 0 spiro atoms. The van der Waals surface area contributed by atoms with Gasteiger partial charge in [-0.05, 0) is 36.4 Å². The first-order valence-electron chi connectivity index (χ1n) is 8.00. The number of thioether (sulfide) groups is 1. The maximum absolute atomic E-state index is 11.9. The zero-order valence-electron chi connectivity index (χ0n) is 14.4. The second kappa shape index (κ2) is 9.12. The molecule has 1 saturated heterocycles. The SMILES string of the molecule is COc1ccccc1OCCOc1ccc(Cl)cc1C=C1SC(=S)NC1=O. The van der Waals surface area contributed by atoms with Crippen LogP contribution in [0.1, 0.15) is 5.56 Å². The average molecular weight is 422 g/mol. The molecule has 2 aromatic carbocycles. The lowest BCUT2D eigenvalue weighted by molar-refractivity contribution is -0.115. The van der Waals surface area contributed by atoms with Gasteiger partial charge >= 0.3 is 0 Å². The number of para-hydroxylation sites is 2. The molecule has 8 heteroatoms. The van der Waals surface area contributed by atoms with E-state index in [0.717, 1.165) is 0 Å². The van der Waals surface area contributed by atoms with Gasteiger partial charge in [-0.2, -0.15) is 0 Å². The van der Waals surface area contributed by atoms with E-state index in [2.05, 4.69) is 5.32 Å². The van der Waals surface area contributed by atoms with E-state index in [4.69, 9.17) is 38.0 Å². The minimum Gasteiger partial charge on any atom is -0.493 e. The average Bonchev–Trinajstić information content (AvgIpc) is 2.97. The predicted octanol–water partition coefficient (Wildman–Crippen LogP) is 4.30. The Kier molecular flexibility index (Phi) is 6.60. The van der Waals surface area contributed by atoms with Crippen molar-refractivity contribution in [1.29, 1.82) is 0 Å². The van der Waals surface area contributed by atoms with E-state index in [0.29, 0.717) is 50.3 Å². The first-order chi connectivity index (χ1) is 13.1. The molecular formula is C19H16ClNO4S2. The number of benzene rings is 2. The Labute approximate surface area is 171 Å². The monoisotopic (exact) mass is 421 g/mol. The molecule has 0 saturated carbocycles. The molecule has 2 aromatic rings. The van der Waals surface area contributed by atoms with Crippen LogP contribution in [0.3, 0.4) is 0 Å². The molecule has 1 fully saturated rings. The summed E-state index contributed by atoms with van der Waals surface area (Å²) in [5.41, 5.74) is 0.696. The van der Waals surface area contributed by atoms with E-state index in [1.165, 1.54) is 11.8 Å². The molecule has 0 aromatic heterocycles. The summed E-state index contributed by atoms with van der Waals surface area (Å²) in [6, 6.07) is 12.6. The topological polar surface area (TPSA) is 56.8 Å². The van der Waals surface area contributed by atoms with Crippen molar-refractivity contribution in [3.8, 4) is 17.2 Å². The molecule has 1 heterocycles. The van der Waals surface area contributed by atoms with Gasteiger partial charge in [0.15, 0.2) is 11.5 Å². The summed E-state index contributed by atoms with van der Waals surface area (Å²) in [5.74, 6) is 1.68. The first kappa shape index (κ1) is 19.5. The molecule has 1 aliphatic heterocycles. The third-order valence-corrected chi connectivity index (χ3v) is 4.97. The second-order valence-corrected chi connectivity index (χ2v) is 7.54. The van der Waals surface area contributed by atoms with Gasteiger partial charge in [-0.3, -0.25) is 4.79 Å². The number of halogens is 1. The van der Waals surface area contributed by atoms with Gasteiger partial charge in [-0.15, -0.1) is 0 Å². The van der Waals surface area contributed by atoms with Crippen LogP contribution in [0.15, 0.2) is 47.4 Å². The smallest absolute Gasteiger partial charge is 0.263 e. The van der Waals surface area contributed by atoms with Gasteiger partial charge < -0.3 is 19.5 Å². The molecule has 0 aliphatic carbocycles. The highest BCUT2D eigenvalue weighted by Crippen LogP contribution is 2.31. The molecule has 1 aliphatic rings. The first-order valence-corrected chi connectivity index (χ1v) is 9.60. The van der Waals surface area contributed by atoms with Gasteiger partial charge in [0.2, 0.25) is 0 Å². The zero-order chi connectivity index (χ0) is 19.2. The third kappa shape index (κ3) is 5.15. The zero-order valence-corrected chi connectivity index (χ0v) is 16.7. The molecule has 27 heavy (non-hydrogen) atoms. The summed E-state index contributed by atoms with van der Waals surface area (Å²) < 4.78 is 17.2. The summed E-state index contributed by atoms with van der Waals surface area (Å²) in [7, 11) is 1.59. The van der Waals surface area contributed by atoms with Gasteiger partial charge in [0, 0.05) is 10.6 Å². The van der Waals surface area contributed by atoms with Crippen LogP contribution in [0.2, 0.25) is 5.02 Å². The lowest BCUT2D eigenvalue weighted by atomic mass is 10.2. The van der Waals surface area contributed by atoms with Crippen LogP contribution >= 0.6 is 35.6 Å². The fourth-order valence-corrected chi connectivity index (χ4v) is 3.58. The lowest BCUT2D eigenvalue weighted by Gasteiger charge is -2.12. The van der Waals surface area contributed by atoms with Crippen molar-refractivity contribution in [2.75, 3.05) is 20.3 Å². The van der Waals surface area contributed by atoms with Crippen LogP contribution in [0.5, 0.6) is 17.2 Å². The van der Waals surface area contributed by atoms with E-state index in [-0.39, 0.29) is 5.91 Å². The van der Waals surface area contributed by atoms with Gasteiger partial charge in [0.25, 0.3) is 5.91 Å². The van der Waals surface area contributed by atoms with Crippen LogP contribution in [-0.2, 0) is 4.79 Å². The van der Waals surface area contributed by atoms with Gasteiger partial charge in [0.05, 0.1) is 12.0 Å². The maximum atomic E-state index is 11.9. The largest absolute Gasteiger partial charge is 0.493 e. The Morgan fingerprint density at radius 1 is 1.11 bits per heavy atom. The number of carbonyl (C=O) groups is 1. The fraction of sp³-hybridized carbons (Fsp3) is 0.158. The van der Waals surface area contributed by atoms with Crippen LogP contribution in [0, 0.1) is 0 Å². The quantitative estimate of drug-likeness (QED) is 0.408. The van der Waals surface area contributed by atoms with Crippen molar-refractivity contribution in [3.63, 3.8) is 0 Å². The van der Waals surface area contributed by atoms with E-state index < -0.39 is 0 Å². The Morgan fingerprint density at radius 2 is 1.81 bits per heavy atom. The molecule has 140 valence electrons. The van der Waals surface area contributed by atoms with E-state index in [1.54, 1.807) is 31.4 Å². The van der Waals surface area contributed by atoms with Crippen molar-refractivity contribution < 1.29 is 19.0 Å². The summed E-state index contributed by atoms with van der Waals surface area (Å²) in [6.45, 7) is 0.645. The maximum Gasteiger partial charge on any atom is 0.263 e. The Morgan fingerprint density at radius 3 is 2.48 bits per heavy atom. The van der Waals surface area contributed by atoms with Crippen molar-refractivity contribution in [2.45, 2.75) is 0 Å². The molecule has 5 nitrogen and oxygen atoms in total. The number of methoxy groups -OCH3 is 1. The van der Waals surface area contributed by atoms with Crippen LogP contribution in [0.25, 0.3) is 6.08 Å². The molecule has 1 N–H and O–H groups in total. The van der Waals surface area contributed by atoms with Crippen molar-refractivity contribution in [3.05, 3.63) is 58.0 Å². The second-order valence-electron chi connectivity index (χ2n) is 5.38. The molecule has 3 rings (SSSR count). The summed E-state index contributed by atoms with van der Waals surface area (Å²) in [6.07, 6.45) is 1.71. The number of hydrogen-bond donors (Lipinski definition) is 1. The highest BCUT2D eigenvalue weighted by Gasteiger charge is 2.22. The Balaban J connectivity index is 1.66. The number of rotatable bonds is 7. The molecule has 0 bridgehead atoms. The Bertz CT molecular complexity index is 901. The van der Waals surface area contributed by atoms with Crippen LogP contribution in [0.4, 0.5) is 0 Å². The van der Waals surface area contributed by atoms with E-state index >= 15 is 0 Å². The minimum atomic E-state index is -0.226. The van der Waals surface area contributed by atoms with Gasteiger partial charge in [-0.1, -0.05) is 47.7 Å². The number of carbonyl (C=O) groups excluding carboxylic acids is 1. The van der Waals surface area contributed by atoms with Crippen molar-refractivity contribution in [2.24, 2.45) is 0 Å². The van der Waals surface area contributed by atoms with Gasteiger partial charge in [-0.25, -0.2) is 0 Å². The number of thiocarbonyl (C=S) groups is 1. The number of hydrogen-bond acceptors (Lipinski definition) is 6. The number of ether oxygens (including phenoxy) is 3. The molecule has 0 radical (unpaired) electrons. The molecule has 1 amide bonds. The Hall–Kier alpha value is -2.22. The minimum absolute atomic E-state index is 0.226. The highest BCUT2D eigenvalue weighted by molar-refractivity contribution is 8.26. The molecule has 0 atom stereocenters. The number of nitrogens with one attached hydrogen (secondary N) is 1.